The maximum atomic E-state index is 12.0. The van der Waals surface area contributed by atoms with Crippen LogP contribution in [0.3, 0.4) is 0 Å². The van der Waals surface area contributed by atoms with Crippen molar-refractivity contribution in [2.75, 3.05) is 20.2 Å². The quantitative estimate of drug-likeness (QED) is 0.838. The van der Waals surface area contributed by atoms with Gasteiger partial charge in [0.1, 0.15) is 5.75 Å². The van der Waals surface area contributed by atoms with Gasteiger partial charge in [-0.3, -0.25) is 0 Å². The first-order chi connectivity index (χ1) is 9.35. The Morgan fingerprint density at radius 2 is 1.95 bits per heavy atom. The molecular formula is C15H24N2O3. The molecule has 0 saturated heterocycles. The number of hydrogen-bond acceptors (Lipinski definition) is 3. The van der Waals surface area contributed by atoms with Crippen molar-refractivity contribution in [2.45, 2.75) is 32.9 Å². The van der Waals surface area contributed by atoms with Gasteiger partial charge in [-0.1, -0.05) is 12.1 Å². The second kappa shape index (κ2) is 7.14. The molecule has 0 spiro atoms. The first-order valence-electron chi connectivity index (χ1n) is 6.74. The van der Waals surface area contributed by atoms with E-state index in [-0.39, 0.29) is 6.03 Å². The highest BCUT2D eigenvalue weighted by molar-refractivity contribution is 5.74. The second-order valence-corrected chi connectivity index (χ2v) is 5.33. The lowest BCUT2D eigenvalue weighted by atomic mass is 10.1. The van der Waals surface area contributed by atoms with E-state index in [4.69, 9.17) is 4.74 Å². The van der Waals surface area contributed by atoms with Gasteiger partial charge in [-0.05, 0) is 38.5 Å². The van der Waals surface area contributed by atoms with E-state index in [9.17, 15) is 9.90 Å². The van der Waals surface area contributed by atoms with E-state index >= 15 is 0 Å². The third-order valence-electron chi connectivity index (χ3n) is 2.85. The van der Waals surface area contributed by atoms with Crippen molar-refractivity contribution < 1.29 is 14.6 Å². The highest BCUT2D eigenvalue weighted by Crippen LogP contribution is 2.11. The van der Waals surface area contributed by atoms with Crippen molar-refractivity contribution >= 4 is 6.03 Å². The highest BCUT2D eigenvalue weighted by atomic mass is 16.5. The van der Waals surface area contributed by atoms with Crippen LogP contribution in [0.5, 0.6) is 5.75 Å². The number of likely N-dealkylation sites (N-methyl/N-ethyl adjacent to an activating group) is 1. The van der Waals surface area contributed by atoms with Crippen LogP contribution in [0.25, 0.3) is 0 Å². The summed E-state index contributed by atoms with van der Waals surface area (Å²) in [5.74, 6) is 0.789. The van der Waals surface area contributed by atoms with Gasteiger partial charge in [-0.15, -0.1) is 0 Å². The highest BCUT2D eigenvalue weighted by Gasteiger charge is 2.20. The minimum Gasteiger partial charge on any atom is -0.497 e. The molecule has 0 unspecified atom stereocenters. The maximum Gasteiger partial charge on any atom is 0.317 e. The normalized spacial score (nSPS) is 11.1. The number of ether oxygens (including phenoxy) is 1. The molecule has 112 valence electrons. The van der Waals surface area contributed by atoms with Crippen molar-refractivity contribution in [1.29, 1.82) is 0 Å². The number of carbonyl (C=O) groups excluding carboxylic acids is 1. The van der Waals surface area contributed by atoms with Crippen LogP contribution in [-0.2, 0) is 6.54 Å². The molecule has 1 aromatic carbocycles. The van der Waals surface area contributed by atoms with Crippen LogP contribution in [0.4, 0.5) is 4.79 Å². The van der Waals surface area contributed by atoms with Crippen molar-refractivity contribution in [3.63, 3.8) is 0 Å². The number of amides is 2. The molecule has 20 heavy (non-hydrogen) atoms. The van der Waals surface area contributed by atoms with Gasteiger partial charge >= 0.3 is 6.03 Å². The number of aliphatic hydroxyl groups is 1. The topological polar surface area (TPSA) is 61.8 Å². The SMILES string of the molecule is CCN(CC(C)(C)O)C(=O)NCc1ccc(OC)cc1. The Kier molecular flexibility index (Phi) is 5.82. The standard InChI is InChI=1S/C15H24N2O3/c1-5-17(11-15(2,3)19)14(18)16-10-12-6-8-13(20-4)9-7-12/h6-9,19H,5,10-11H2,1-4H3,(H,16,18). The molecule has 0 aromatic heterocycles. The monoisotopic (exact) mass is 280 g/mol. The summed E-state index contributed by atoms with van der Waals surface area (Å²) in [4.78, 5) is 13.6. The molecule has 0 heterocycles. The maximum absolute atomic E-state index is 12.0. The average Bonchev–Trinajstić information content (AvgIpc) is 2.41. The van der Waals surface area contributed by atoms with E-state index in [1.807, 2.05) is 31.2 Å². The third kappa shape index (κ3) is 5.48. The van der Waals surface area contributed by atoms with Gasteiger partial charge < -0.3 is 20.1 Å². The first kappa shape index (κ1) is 16.3. The zero-order chi connectivity index (χ0) is 15.2. The van der Waals surface area contributed by atoms with Gasteiger partial charge in [0.25, 0.3) is 0 Å². The molecule has 0 atom stereocenters. The molecule has 0 radical (unpaired) electrons. The van der Waals surface area contributed by atoms with Crippen LogP contribution < -0.4 is 10.1 Å². The molecule has 0 aliphatic heterocycles. The molecule has 0 saturated carbocycles. The molecule has 2 amide bonds. The van der Waals surface area contributed by atoms with Gasteiger partial charge in [-0.2, -0.15) is 0 Å². The van der Waals surface area contributed by atoms with E-state index < -0.39 is 5.60 Å². The van der Waals surface area contributed by atoms with Crippen LogP contribution in [0.1, 0.15) is 26.3 Å². The average molecular weight is 280 g/mol. The van der Waals surface area contributed by atoms with Crippen LogP contribution in [0.2, 0.25) is 0 Å². The predicted molar refractivity (Wildman–Crippen MR) is 78.8 cm³/mol. The molecule has 0 aliphatic rings. The van der Waals surface area contributed by atoms with Gasteiger partial charge in [0.2, 0.25) is 0 Å². The van der Waals surface area contributed by atoms with Crippen molar-refractivity contribution in [3.8, 4) is 5.75 Å². The summed E-state index contributed by atoms with van der Waals surface area (Å²) in [5, 5.41) is 12.6. The smallest absolute Gasteiger partial charge is 0.317 e. The molecule has 2 N–H and O–H groups in total. The van der Waals surface area contributed by atoms with Crippen LogP contribution in [-0.4, -0.2) is 41.8 Å². The van der Waals surface area contributed by atoms with Crippen molar-refractivity contribution in [2.24, 2.45) is 0 Å². The lowest BCUT2D eigenvalue weighted by Gasteiger charge is -2.28. The fourth-order valence-corrected chi connectivity index (χ4v) is 1.83. The van der Waals surface area contributed by atoms with E-state index in [1.165, 1.54) is 0 Å². The first-order valence-corrected chi connectivity index (χ1v) is 6.74. The van der Waals surface area contributed by atoms with Crippen LogP contribution in [0.15, 0.2) is 24.3 Å². The molecule has 5 heteroatoms. The van der Waals surface area contributed by atoms with Gasteiger partial charge in [0.15, 0.2) is 0 Å². The molecular weight excluding hydrogens is 256 g/mol. The number of urea groups is 1. The van der Waals surface area contributed by atoms with Crippen LogP contribution in [0, 0.1) is 0 Å². The largest absolute Gasteiger partial charge is 0.497 e. The molecule has 0 bridgehead atoms. The lowest BCUT2D eigenvalue weighted by molar-refractivity contribution is 0.0480. The molecule has 0 fully saturated rings. The van der Waals surface area contributed by atoms with E-state index in [1.54, 1.807) is 25.9 Å². The number of hydrogen-bond donors (Lipinski definition) is 2. The van der Waals surface area contributed by atoms with Gasteiger partial charge in [-0.25, -0.2) is 4.79 Å². The molecule has 0 aliphatic carbocycles. The number of benzene rings is 1. The Hall–Kier alpha value is -1.75. The number of carbonyl (C=O) groups is 1. The zero-order valence-electron chi connectivity index (χ0n) is 12.6. The molecule has 5 nitrogen and oxygen atoms in total. The minimum absolute atomic E-state index is 0.176. The second-order valence-electron chi connectivity index (χ2n) is 5.33. The Labute approximate surface area is 120 Å². The summed E-state index contributed by atoms with van der Waals surface area (Å²) in [6.07, 6.45) is 0. The zero-order valence-corrected chi connectivity index (χ0v) is 12.6. The van der Waals surface area contributed by atoms with Crippen LogP contribution >= 0.6 is 0 Å². The summed E-state index contributed by atoms with van der Waals surface area (Å²) in [6.45, 7) is 6.57. The fourth-order valence-electron chi connectivity index (χ4n) is 1.83. The summed E-state index contributed by atoms with van der Waals surface area (Å²) < 4.78 is 5.08. The number of methoxy groups -OCH3 is 1. The molecule has 1 aromatic rings. The van der Waals surface area contributed by atoms with Gasteiger partial charge in [0.05, 0.1) is 19.3 Å². The number of nitrogens with zero attached hydrogens (tertiary/aromatic N) is 1. The number of nitrogens with one attached hydrogen (secondary N) is 1. The van der Waals surface area contributed by atoms with E-state index in [0.717, 1.165) is 11.3 Å². The Morgan fingerprint density at radius 1 is 1.35 bits per heavy atom. The summed E-state index contributed by atoms with van der Waals surface area (Å²) >= 11 is 0. The van der Waals surface area contributed by atoms with E-state index in [2.05, 4.69) is 5.32 Å². The Balaban J connectivity index is 2.52. The third-order valence-corrected chi connectivity index (χ3v) is 2.85. The summed E-state index contributed by atoms with van der Waals surface area (Å²) in [6, 6.07) is 7.35. The Bertz CT molecular complexity index is 424. The van der Waals surface area contributed by atoms with E-state index in [0.29, 0.717) is 19.6 Å². The lowest BCUT2D eigenvalue weighted by Crippen LogP contribution is -2.46. The number of rotatable bonds is 6. The fraction of sp³-hybridized carbons (Fsp3) is 0.533. The Morgan fingerprint density at radius 3 is 2.40 bits per heavy atom. The summed E-state index contributed by atoms with van der Waals surface area (Å²) in [7, 11) is 1.62. The minimum atomic E-state index is -0.895. The van der Waals surface area contributed by atoms with Crippen molar-refractivity contribution in [1.82, 2.24) is 10.2 Å². The predicted octanol–water partition coefficient (Wildman–Crippen LogP) is 2.00. The van der Waals surface area contributed by atoms with Gasteiger partial charge in [0, 0.05) is 13.1 Å². The summed E-state index contributed by atoms with van der Waals surface area (Å²) in [5.41, 5.74) is 0.103. The molecule has 1 rings (SSSR count). The van der Waals surface area contributed by atoms with Crippen molar-refractivity contribution in [3.05, 3.63) is 29.8 Å².